The highest BCUT2D eigenvalue weighted by Gasteiger charge is 2.46. The molecule has 0 spiro atoms. The van der Waals surface area contributed by atoms with Gasteiger partial charge in [-0.2, -0.15) is 0 Å². The van der Waals surface area contributed by atoms with Crippen molar-refractivity contribution < 1.29 is 19.1 Å². The summed E-state index contributed by atoms with van der Waals surface area (Å²) in [5, 5.41) is 2.85. The van der Waals surface area contributed by atoms with Gasteiger partial charge in [-0.15, -0.1) is 0 Å². The number of rotatable bonds is 7. The number of benzene rings is 3. The number of hydrogen-bond acceptors (Lipinski definition) is 4. The summed E-state index contributed by atoms with van der Waals surface area (Å²) >= 11 is 0. The molecule has 1 heterocycles. The van der Waals surface area contributed by atoms with E-state index >= 15 is 0 Å². The van der Waals surface area contributed by atoms with Gasteiger partial charge in [-0.1, -0.05) is 72.8 Å². The van der Waals surface area contributed by atoms with Gasteiger partial charge < -0.3 is 15.8 Å². The molecule has 7 heteroatoms. The van der Waals surface area contributed by atoms with Crippen LogP contribution in [0.15, 0.2) is 84.9 Å². The lowest BCUT2D eigenvalue weighted by atomic mass is 10.0. The number of carbonyl (C=O) groups is 3. The minimum Gasteiger partial charge on any atom is -0.438 e. The van der Waals surface area contributed by atoms with Crippen LogP contribution < -0.4 is 11.1 Å². The van der Waals surface area contributed by atoms with Gasteiger partial charge in [0.25, 0.3) is 0 Å². The van der Waals surface area contributed by atoms with Crippen molar-refractivity contribution in [1.82, 2.24) is 4.90 Å². The van der Waals surface area contributed by atoms with Gasteiger partial charge in [0.05, 0.1) is 13.0 Å². The number of nitrogens with zero attached hydrogens (tertiary/aromatic N) is 1. The molecule has 7 nitrogen and oxygen atoms in total. The summed E-state index contributed by atoms with van der Waals surface area (Å²) in [6.45, 7) is 0.206. The molecule has 1 fully saturated rings. The summed E-state index contributed by atoms with van der Waals surface area (Å²) in [5.74, 6) is -0.829. The molecular weight excluding hydrogens is 406 g/mol. The van der Waals surface area contributed by atoms with E-state index in [4.69, 9.17) is 10.5 Å². The maximum Gasteiger partial charge on any atom is 0.411 e. The molecule has 1 aliphatic heterocycles. The molecule has 0 saturated carbocycles. The van der Waals surface area contributed by atoms with Crippen molar-refractivity contribution in [1.29, 1.82) is 0 Å². The molecule has 3 aromatic rings. The van der Waals surface area contributed by atoms with E-state index in [0.29, 0.717) is 11.3 Å². The first kappa shape index (κ1) is 21.1. The second kappa shape index (κ2) is 9.34. The van der Waals surface area contributed by atoms with Crippen LogP contribution in [0.3, 0.4) is 0 Å². The van der Waals surface area contributed by atoms with Crippen LogP contribution >= 0.6 is 0 Å². The van der Waals surface area contributed by atoms with Gasteiger partial charge in [0.15, 0.2) is 12.1 Å². The first-order chi connectivity index (χ1) is 15.5. The molecule has 4 rings (SSSR count). The highest BCUT2D eigenvalue weighted by atomic mass is 16.6. The van der Waals surface area contributed by atoms with Crippen LogP contribution in [-0.2, 0) is 27.3 Å². The third-order valence-electron chi connectivity index (χ3n) is 5.28. The summed E-state index contributed by atoms with van der Waals surface area (Å²) in [5.41, 5.74) is 8.54. The Morgan fingerprint density at radius 1 is 0.906 bits per heavy atom. The molecule has 162 valence electrons. The second-order valence-electron chi connectivity index (χ2n) is 7.60. The van der Waals surface area contributed by atoms with Crippen LogP contribution in [0, 0.1) is 0 Å². The van der Waals surface area contributed by atoms with Crippen molar-refractivity contribution in [2.75, 3.05) is 5.32 Å². The molecule has 0 radical (unpaired) electrons. The molecule has 0 unspecified atom stereocenters. The molecule has 32 heavy (non-hydrogen) atoms. The lowest BCUT2D eigenvalue weighted by Crippen LogP contribution is -2.43. The molecule has 0 aromatic heterocycles. The molecule has 3 amide bonds. The van der Waals surface area contributed by atoms with Crippen molar-refractivity contribution in [3.05, 3.63) is 102 Å². The molecule has 1 aliphatic rings. The third kappa shape index (κ3) is 4.78. The zero-order valence-corrected chi connectivity index (χ0v) is 17.3. The average molecular weight is 429 g/mol. The summed E-state index contributed by atoms with van der Waals surface area (Å²) in [6.07, 6.45) is -1.24. The largest absolute Gasteiger partial charge is 0.438 e. The Morgan fingerprint density at radius 3 is 2.22 bits per heavy atom. The second-order valence-corrected chi connectivity index (χ2v) is 7.60. The van der Waals surface area contributed by atoms with E-state index in [0.717, 1.165) is 11.1 Å². The average Bonchev–Trinajstić information content (AvgIpc) is 3.11. The van der Waals surface area contributed by atoms with Crippen LogP contribution in [-0.4, -0.2) is 28.8 Å². The highest BCUT2D eigenvalue weighted by molar-refractivity contribution is 5.92. The normalized spacial score (nSPS) is 17.6. The van der Waals surface area contributed by atoms with E-state index < -0.39 is 24.1 Å². The van der Waals surface area contributed by atoms with E-state index in [2.05, 4.69) is 5.32 Å². The Balaban J connectivity index is 1.51. The molecule has 0 bridgehead atoms. The minimum absolute atomic E-state index is 0.172. The number of cyclic esters (lactones) is 1. The monoisotopic (exact) mass is 429 g/mol. The van der Waals surface area contributed by atoms with Crippen LogP contribution in [0.2, 0.25) is 0 Å². The van der Waals surface area contributed by atoms with E-state index in [1.54, 1.807) is 24.3 Å². The van der Waals surface area contributed by atoms with Crippen LogP contribution in [0.5, 0.6) is 0 Å². The number of nitrogens with two attached hydrogens (primary N) is 1. The standard InChI is InChI=1S/C25H23N3O4/c26-24(30)22-23(32-25(31)28(22)16-18-10-5-2-6-11-18)19-12-7-13-20(15-19)27-21(29)14-17-8-3-1-4-9-17/h1-13,15,22-23H,14,16H2,(H2,26,30)(H,27,29)/t22-,23-/m1/s1. The number of primary amides is 1. The van der Waals surface area contributed by atoms with Gasteiger partial charge in [0.1, 0.15) is 0 Å². The van der Waals surface area contributed by atoms with Crippen molar-refractivity contribution in [2.45, 2.75) is 25.1 Å². The molecule has 3 N–H and O–H groups in total. The topological polar surface area (TPSA) is 102 Å². The predicted molar refractivity (Wildman–Crippen MR) is 119 cm³/mol. The summed E-state index contributed by atoms with van der Waals surface area (Å²) < 4.78 is 5.54. The van der Waals surface area contributed by atoms with Crippen molar-refractivity contribution in [2.24, 2.45) is 5.73 Å². The molecule has 3 aromatic carbocycles. The Hall–Kier alpha value is -4.13. The SMILES string of the molecule is NC(=O)[C@H]1[C@@H](c2cccc(NC(=O)Cc3ccccc3)c2)OC(=O)N1Cc1ccccc1. The Kier molecular flexibility index (Phi) is 6.17. The molecular formula is C25H23N3O4. The Labute approximate surface area is 185 Å². The van der Waals surface area contributed by atoms with Gasteiger partial charge in [-0.05, 0) is 28.8 Å². The summed E-state index contributed by atoms with van der Waals surface area (Å²) in [6, 6.07) is 24.7. The van der Waals surface area contributed by atoms with E-state index in [9.17, 15) is 14.4 Å². The molecule has 0 aliphatic carbocycles. The van der Waals surface area contributed by atoms with Gasteiger partial charge in [0, 0.05) is 5.69 Å². The van der Waals surface area contributed by atoms with E-state index in [1.165, 1.54) is 4.90 Å². The van der Waals surface area contributed by atoms with Gasteiger partial charge in [0.2, 0.25) is 11.8 Å². The summed E-state index contributed by atoms with van der Waals surface area (Å²) in [7, 11) is 0. The number of carbonyl (C=O) groups excluding carboxylic acids is 3. The van der Waals surface area contributed by atoms with Gasteiger partial charge in [-0.25, -0.2) is 4.79 Å². The first-order valence-corrected chi connectivity index (χ1v) is 10.3. The minimum atomic E-state index is -0.960. The summed E-state index contributed by atoms with van der Waals surface area (Å²) in [4.78, 5) is 38.6. The lowest BCUT2D eigenvalue weighted by Gasteiger charge is -2.22. The first-order valence-electron chi connectivity index (χ1n) is 10.3. The number of ether oxygens (including phenoxy) is 1. The number of amides is 3. The highest BCUT2D eigenvalue weighted by Crippen LogP contribution is 2.34. The smallest absolute Gasteiger partial charge is 0.411 e. The fourth-order valence-electron chi connectivity index (χ4n) is 3.79. The third-order valence-corrected chi connectivity index (χ3v) is 5.28. The Bertz CT molecular complexity index is 1120. The quantitative estimate of drug-likeness (QED) is 0.601. The van der Waals surface area contributed by atoms with Crippen molar-refractivity contribution in [3.8, 4) is 0 Å². The zero-order chi connectivity index (χ0) is 22.5. The lowest BCUT2D eigenvalue weighted by molar-refractivity contribution is -0.123. The molecule has 2 atom stereocenters. The molecule has 1 saturated heterocycles. The van der Waals surface area contributed by atoms with Gasteiger partial charge in [-0.3, -0.25) is 14.5 Å². The van der Waals surface area contributed by atoms with Crippen LogP contribution in [0.1, 0.15) is 22.8 Å². The number of anilines is 1. The van der Waals surface area contributed by atoms with Crippen molar-refractivity contribution in [3.63, 3.8) is 0 Å². The van der Waals surface area contributed by atoms with Crippen LogP contribution in [0.4, 0.5) is 10.5 Å². The Morgan fingerprint density at radius 2 is 1.56 bits per heavy atom. The fraction of sp³-hybridized carbons (Fsp3) is 0.160. The van der Waals surface area contributed by atoms with E-state index in [-0.39, 0.29) is 18.9 Å². The van der Waals surface area contributed by atoms with Gasteiger partial charge >= 0.3 is 6.09 Å². The van der Waals surface area contributed by atoms with Crippen LogP contribution in [0.25, 0.3) is 0 Å². The maximum atomic E-state index is 12.6. The number of nitrogens with one attached hydrogen (secondary N) is 1. The maximum absolute atomic E-state index is 12.6. The van der Waals surface area contributed by atoms with Crippen molar-refractivity contribution >= 4 is 23.6 Å². The predicted octanol–water partition coefficient (Wildman–Crippen LogP) is 3.42. The fourth-order valence-corrected chi connectivity index (χ4v) is 3.79. The van der Waals surface area contributed by atoms with E-state index in [1.807, 2.05) is 60.7 Å². The number of hydrogen-bond donors (Lipinski definition) is 2. The zero-order valence-electron chi connectivity index (χ0n) is 17.3.